The number of nitro groups is 1. The Hall–Kier alpha value is -0.700. The molecule has 3 rings (SSSR count). The second-order valence-electron chi connectivity index (χ2n) is 5.15. The van der Waals surface area contributed by atoms with E-state index in [1.54, 1.807) is 0 Å². The Balaban J connectivity index is 2.47. The van der Waals surface area contributed by atoms with E-state index in [1.807, 2.05) is 0 Å². The first kappa shape index (κ1) is 20.0. The Morgan fingerprint density at radius 2 is 1.35 bits per heavy atom. The van der Waals surface area contributed by atoms with E-state index in [0.29, 0.717) is 0 Å². The Morgan fingerprint density at radius 1 is 0.846 bits per heavy atom. The molecule has 0 bridgehead atoms. The highest BCUT2D eigenvalue weighted by Crippen LogP contribution is 2.48. The van der Waals surface area contributed by atoms with Crippen LogP contribution in [0.3, 0.4) is 0 Å². The summed E-state index contributed by atoms with van der Waals surface area (Å²) in [7, 11) is 0. The molecule has 0 fully saturated rings. The van der Waals surface area contributed by atoms with Crippen LogP contribution in [-0.2, 0) is 0 Å². The molecule has 0 saturated heterocycles. The molecule has 2 aromatic carbocycles. The molecule has 1 aliphatic carbocycles. The van der Waals surface area contributed by atoms with Crippen molar-refractivity contribution in [3.8, 4) is 0 Å². The van der Waals surface area contributed by atoms with Crippen molar-refractivity contribution in [1.29, 1.82) is 0 Å². The van der Waals surface area contributed by atoms with E-state index in [9.17, 15) is 19.7 Å². The third kappa shape index (κ3) is 2.80. The minimum Gasteiger partial charge on any atom is -0.288 e. The number of nitrogens with zero attached hydrogens (tertiary/aromatic N) is 1. The quantitative estimate of drug-likeness (QED) is 0.114. The molecule has 0 N–H and O–H groups in total. The Kier molecular flexibility index (Phi) is 5.42. The van der Waals surface area contributed by atoms with Gasteiger partial charge in [0.15, 0.2) is 5.78 Å². The molecule has 0 heterocycles. The maximum atomic E-state index is 13.1. The van der Waals surface area contributed by atoms with Crippen molar-refractivity contribution in [2.75, 3.05) is 0 Å². The van der Waals surface area contributed by atoms with Crippen molar-refractivity contribution in [2.45, 2.75) is 3.74 Å². The van der Waals surface area contributed by atoms with Gasteiger partial charge in [0, 0.05) is 5.56 Å². The van der Waals surface area contributed by atoms with E-state index in [1.165, 1.54) is 12.1 Å². The lowest BCUT2D eigenvalue weighted by Gasteiger charge is -2.22. The number of ketones is 2. The predicted octanol–water partition coefficient (Wildman–Crippen LogP) is 6.77. The fourth-order valence-electron chi connectivity index (χ4n) is 2.72. The van der Waals surface area contributed by atoms with Gasteiger partial charge in [-0.3, -0.25) is 19.7 Å². The zero-order chi connectivity index (χ0) is 19.5. The van der Waals surface area contributed by atoms with Crippen molar-refractivity contribution in [3.05, 3.63) is 70.2 Å². The summed E-state index contributed by atoms with van der Waals surface area (Å²) in [4.78, 5) is 36.9. The Morgan fingerprint density at radius 3 is 1.81 bits per heavy atom. The van der Waals surface area contributed by atoms with Crippen LogP contribution >= 0.6 is 78.3 Å². The topological polar surface area (TPSA) is 77.3 Å². The molecule has 0 unspecified atom stereocenters. The SMILES string of the molecule is O=C1c2ccc(C(Br)Br)c([N+](=O)[O-])c2C(=O)c2c(Cl)c(Cl)c(Cl)c(Cl)c21. The molecule has 0 aliphatic heterocycles. The Labute approximate surface area is 183 Å². The molecular weight excluding hydrogens is 560 g/mol. The molecule has 0 radical (unpaired) electrons. The number of carbonyl (C=O) groups is 2. The van der Waals surface area contributed by atoms with Crippen molar-refractivity contribution >= 4 is 95.5 Å². The summed E-state index contributed by atoms with van der Waals surface area (Å²) in [5.41, 5.74) is -1.39. The van der Waals surface area contributed by atoms with Crippen LogP contribution in [0.4, 0.5) is 5.69 Å². The van der Waals surface area contributed by atoms with Crippen molar-refractivity contribution < 1.29 is 14.5 Å². The fraction of sp³-hybridized carbons (Fsp3) is 0.0667. The van der Waals surface area contributed by atoms with Gasteiger partial charge < -0.3 is 0 Å². The van der Waals surface area contributed by atoms with Crippen LogP contribution in [0.2, 0.25) is 20.1 Å². The van der Waals surface area contributed by atoms with Gasteiger partial charge in [-0.2, -0.15) is 0 Å². The molecule has 11 heteroatoms. The molecule has 2 aromatic rings. The van der Waals surface area contributed by atoms with Gasteiger partial charge in [0.05, 0.1) is 41.7 Å². The number of benzene rings is 2. The minimum absolute atomic E-state index is 0.157. The average Bonchev–Trinajstić information content (AvgIpc) is 2.59. The van der Waals surface area contributed by atoms with E-state index >= 15 is 0 Å². The standard InChI is InChI=1S/C15H3Br2Cl4NO4/c16-15(17)4-2-1-3-5(12(4)22(25)26)14(24)7-6(13(3)23)8(18)10(20)11(21)9(7)19/h1-2,15H. The van der Waals surface area contributed by atoms with Crippen molar-refractivity contribution in [2.24, 2.45) is 0 Å². The monoisotopic (exact) mass is 559 g/mol. The molecular formula is C15H3Br2Cl4NO4. The van der Waals surface area contributed by atoms with Gasteiger partial charge in [-0.05, 0) is 12.1 Å². The van der Waals surface area contributed by atoms with E-state index in [-0.39, 0.29) is 47.9 Å². The van der Waals surface area contributed by atoms with Crippen LogP contribution in [0.15, 0.2) is 12.1 Å². The lowest BCUT2D eigenvalue weighted by atomic mass is 9.82. The lowest BCUT2D eigenvalue weighted by molar-refractivity contribution is -0.385. The van der Waals surface area contributed by atoms with Crippen LogP contribution in [0.5, 0.6) is 0 Å². The summed E-state index contributed by atoms with van der Waals surface area (Å²) in [6.07, 6.45) is 0. The molecule has 0 spiro atoms. The normalized spacial score (nSPS) is 13.0. The van der Waals surface area contributed by atoms with E-state index < -0.39 is 25.9 Å². The molecule has 0 saturated carbocycles. The van der Waals surface area contributed by atoms with Gasteiger partial charge in [-0.25, -0.2) is 0 Å². The molecule has 134 valence electrons. The summed E-state index contributed by atoms with van der Waals surface area (Å²) in [6, 6.07) is 2.69. The highest BCUT2D eigenvalue weighted by Gasteiger charge is 2.41. The molecule has 0 aromatic heterocycles. The highest BCUT2D eigenvalue weighted by atomic mass is 79.9. The van der Waals surface area contributed by atoms with Crippen LogP contribution in [-0.4, -0.2) is 16.5 Å². The van der Waals surface area contributed by atoms with Gasteiger partial charge in [0.25, 0.3) is 5.69 Å². The second kappa shape index (κ2) is 7.04. The molecule has 0 atom stereocenters. The lowest BCUT2D eigenvalue weighted by Crippen LogP contribution is -2.24. The molecule has 26 heavy (non-hydrogen) atoms. The first-order valence-electron chi connectivity index (χ1n) is 6.64. The van der Waals surface area contributed by atoms with E-state index in [4.69, 9.17) is 46.4 Å². The van der Waals surface area contributed by atoms with Gasteiger partial charge in [-0.1, -0.05) is 78.3 Å². The number of halogens is 6. The van der Waals surface area contributed by atoms with Gasteiger partial charge in [-0.15, -0.1) is 0 Å². The number of carbonyl (C=O) groups excluding carboxylic acids is 2. The van der Waals surface area contributed by atoms with Crippen LogP contribution in [0.25, 0.3) is 0 Å². The molecule has 0 amide bonds. The van der Waals surface area contributed by atoms with Gasteiger partial charge in [0.2, 0.25) is 5.78 Å². The minimum atomic E-state index is -0.825. The third-order valence-corrected chi connectivity index (χ3v) is 6.61. The van der Waals surface area contributed by atoms with Crippen LogP contribution in [0, 0.1) is 10.1 Å². The number of fused-ring (bicyclic) bond motifs is 2. The highest BCUT2D eigenvalue weighted by molar-refractivity contribution is 9.24. The summed E-state index contributed by atoms with van der Waals surface area (Å²) in [5, 5.41) is 10.7. The maximum Gasteiger partial charge on any atom is 0.286 e. The first-order valence-corrected chi connectivity index (χ1v) is 9.98. The van der Waals surface area contributed by atoms with Gasteiger partial charge in [0.1, 0.15) is 9.30 Å². The summed E-state index contributed by atoms with van der Waals surface area (Å²) < 4.78 is -0.613. The maximum absolute atomic E-state index is 13.1. The summed E-state index contributed by atoms with van der Waals surface area (Å²) >= 11 is 30.5. The molecule has 5 nitrogen and oxygen atoms in total. The van der Waals surface area contributed by atoms with E-state index in [0.717, 1.165) is 0 Å². The third-order valence-electron chi connectivity index (χ3n) is 3.82. The predicted molar refractivity (Wildman–Crippen MR) is 107 cm³/mol. The van der Waals surface area contributed by atoms with Crippen LogP contribution < -0.4 is 0 Å². The summed E-state index contributed by atoms with van der Waals surface area (Å²) in [5.74, 6) is -1.52. The smallest absolute Gasteiger partial charge is 0.286 e. The van der Waals surface area contributed by atoms with Crippen LogP contribution in [0.1, 0.15) is 41.1 Å². The number of hydrogen-bond donors (Lipinski definition) is 0. The fourth-order valence-corrected chi connectivity index (χ4v) is 4.48. The Bertz CT molecular complexity index is 1040. The number of rotatable bonds is 2. The zero-order valence-corrected chi connectivity index (χ0v) is 18.3. The van der Waals surface area contributed by atoms with Crippen molar-refractivity contribution in [3.63, 3.8) is 0 Å². The second-order valence-corrected chi connectivity index (χ2v) is 9.72. The zero-order valence-electron chi connectivity index (χ0n) is 12.1. The number of hydrogen-bond acceptors (Lipinski definition) is 4. The number of alkyl halides is 2. The largest absolute Gasteiger partial charge is 0.288 e. The number of nitro benzene ring substituents is 1. The summed E-state index contributed by atoms with van der Waals surface area (Å²) in [6.45, 7) is 0. The van der Waals surface area contributed by atoms with E-state index in [2.05, 4.69) is 31.9 Å². The average molecular weight is 563 g/mol. The van der Waals surface area contributed by atoms with Crippen molar-refractivity contribution in [1.82, 2.24) is 0 Å². The van der Waals surface area contributed by atoms with Gasteiger partial charge >= 0.3 is 0 Å². The first-order chi connectivity index (χ1) is 12.1. The molecule has 1 aliphatic rings.